The molecule has 0 bridgehead atoms. The Morgan fingerprint density at radius 1 is 1.65 bits per heavy atom. The minimum atomic E-state index is -0.232. The highest BCUT2D eigenvalue weighted by Crippen LogP contribution is 2.28. The number of aromatic nitrogens is 2. The Labute approximate surface area is 127 Å². The maximum Gasteiger partial charge on any atom is 0.224 e. The van der Waals surface area contributed by atoms with E-state index in [4.69, 9.17) is 5.73 Å². The molecule has 1 atom stereocenters. The summed E-state index contributed by atoms with van der Waals surface area (Å²) < 4.78 is 0.838. The Balaban J connectivity index is 2.15. The molecular formula is C13H20BrN5O. The number of hydrogen-bond acceptors (Lipinski definition) is 5. The summed E-state index contributed by atoms with van der Waals surface area (Å²) in [4.78, 5) is 22.2. The number of nitrogens with zero attached hydrogens (tertiary/aromatic N) is 3. The van der Waals surface area contributed by atoms with E-state index in [2.05, 4.69) is 43.0 Å². The first-order chi connectivity index (χ1) is 9.61. The van der Waals surface area contributed by atoms with Gasteiger partial charge in [-0.15, -0.1) is 0 Å². The predicted molar refractivity (Wildman–Crippen MR) is 82.6 cm³/mol. The molecule has 1 aromatic heterocycles. The van der Waals surface area contributed by atoms with Gasteiger partial charge in [0.15, 0.2) is 0 Å². The van der Waals surface area contributed by atoms with E-state index in [9.17, 15) is 4.79 Å². The van der Waals surface area contributed by atoms with Crippen LogP contribution in [0.2, 0.25) is 0 Å². The SMILES string of the molecule is CCCNc1ncc(Br)c(N2CCCC(C(N)=O)C2)n1. The van der Waals surface area contributed by atoms with Crippen LogP contribution in [0, 0.1) is 5.92 Å². The fourth-order valence-corrected chi connectivity index (χ4v) is 2.75. The fourth-order valence-electron chi connectivity index (χ4n) is 2.30. The minimum Gasteiger partial charge on any atom is -0.369 e. The Hall–Kier alpha value is -1.37. The Kier molecular flexibility index (Phi) is 5.17. The van der Waals surface area contributed by atoms with Gasteiger partial charge in [-0.05, 0) is 35.2 Å². The summed E-state index contributed by atoms with van der Waals surface area (Å²) in [7, 11) is 0. The van der Waals surface area contributed by atoms with Gasteiger partial charge in [-0.1, -0.05) is 6.92 Å². The van der Waals surface area contributed by atoms with E-state index in [-0.39, 0.29) is 11.8 Å². The fraction of sp³-hybridized carbons (Fsp3) is 0.615. The molecular weight excluding hydrogens is 322 g/mol. The van der Waals surface area contributed by atoms with Crippen molar-refractivity contribution in [1.82, 2.24) is 9.97 Å². The standard InChI is InChI=1S/C13H20BrN5O/c1-2-5-16-13-17-7-10(14)12(18-13)19-6-3-4-9(8-19)11(15)20/h7,9H,2-6,8H2,1H3,(H2,15,20)(H,16,17,18). The third-order valence-electron chi connectivity index (χ3n) is 3.38. The van der Waals surface area contributed by atoms with Gasteiger partial charge in [0, 0.05) is 25.8 Å². The van der Waals surface area contributed by atoms with Gasteiger partial charge in [0.1, 0.15) is 5.82 Å². The second-order valence-corrected chi connectivity index (χ2v) is 5.83. The topological polar surface area (TPSA) is 84.1 Å². The average molecular weight is 342 g/mol. The van der Waals surface area contributed by atoms with Gasteiger partial charge in [0.2, 0.25) is 11.9 Å². The largest absolute Gasteiger partial charge is 0.369 e. The summed E-state index contributed by atoms with van der Waals surface area (Å²) in [5, 5.41) is 3.17. The van der Waals surface area contributed by atoms with Crippen LogP contribution in [0.1, 0.15) is 26.2 Å². The number of hydrogen-bond donors (Lipinski definition) is 2. The first kappa shape index (κ1) is 15.0. The first-order valence-electron chi connectivity index (χ1n) is 6.92. The molecule has 1 aromatic rings. The molecule has 0 spiro atoms. The molecule has 1 unspecified atom stereocenters. The van der Waals surface area contributed by atoms with E-state index in [1.165, 1.54) is 0 Å². The molecule has 0 radical (unpaired) electrons. The van der Waals surface area contributed by atoms with Crippen LogP contribution in [0.5, 0.6) is 0 Å². The van der Waals surface area contributed by atoms with Crippen LogP contribution >= 0.6 is 15.9 Å². The van der Waals surface area contributed by atoms with Crippen LogP contribution < -0.4 is 16.0 Å². The van der Waals surface area contributed by atoms with Gasteiger partial charge in [-0.3, -0.25) is 4.79 Å². The summed E-state index contributed by atoms with van der Waals surface area (Å²) in [6.07, 6.45) is 4.56. The average Bonchev–Trinajstić information content (AvgIpc) is 2.46. The molecule has 20 heavy (non-hydrogen) atoms. The third kappa shape index (κ3) is 3.59. The summed E-state index contributed by atoms with van der Waals surface area (Å²) in [6.45, 7) is 4.44. The zero-order valence-corrected chi connectivity index (χ0v) is 13.2. The highest BCUT2D eigenvalue weighted by atomic mass is 79.9. The van der Waals surface area contributed by atoms with Crippen molar-refractivity contribution in [2.75, 3.05) is 29.9 Å². The summed E-state index contributed by atoms with van der Waals surface area (Å²) in [5.74, 6) is 1.11. The smallest absolute Gasteiger partial charge is 0.224 e. The Morgan fingerprint density at radius 2 is 2.45 bits per heavy atom. The second kappa shape index (κ2) is 6.88. The highest BCUT2D eigenvalue weighted by molar-refractivity contribution is 9.10. The lowest BCUT2D eigenvalue weighted by Gasteiger charge is -2.32. The number of nitrogens with two attached hydrogens (primary N) is 1. The Morgan fingerprint density at radius 3 is 3.15 bits per heavy atom. The summed E-state index contributed by atoms with van der Waals surface area (Å²) in [6, 6.07) is 0. The molecule has 1 aliphatic heterocycles. The second-order valence-electron chi connectivity index (χ2n) is 4.98. The predicted octanol–water partition coefficient (Wildman–Crippen LogP) is 1.76. The number of piperidine rings is 1. The molecule has 1 amide bonds. The normalized spacial score (nSPS) is 18.9. The van der Waals surface area contributed by atoms with E-state index in [0.29, 0.717) is 12.5 Å². The van der Waals surface area contributed by atoms with E-state index in [0.717, 1.165) is 42.6 Å². The number of nitrogens with one attached hydrogen (secondary N) is 1. The zero-order valence-electron chi connectivity index (χ0n) is 11.6. The van der Waals surface area contributed by atoms with Crippen molar-refractivity contribution >= 4 is 33.6 Å². The number of primary amides is 1. The van der Waals surface area contributed by atoms with Crippen LogP contribution in [0.15, 0.2) is 10.7 Å². The van der Waals surface area contributed by atoms with E-state index >= 15 is 0 Å². The molecule has 1 saturated heterocycles. The van der Waals surface area contributed by atoms with E-state index in [1.54, 1.807) is 6.20 Å². The molecule has 0 aliphatic carbocycles. The van der Waals surface area contributed by atoms with Gasteiger partial charge in [-0.2, -0.15) is 4.98 Å². The van der Waals surface area contributed by atoms with Crippen molar-refractivity contribution < 1.29 is 4.79 Å². The molecule has 1 aliphatic rings. The summed E-state index contributed by atoms with van der Waals surface area (Å²) >= 11 is 3.48. The number of amides is 1. The van der Waals surface area contributed by atoms with Crippen molar-refractivity contribution in [3.63, 3.8) is 0 Å². The molecule has 6 nitrogen and oxygen atoms in total. The lowest BCUT2D eigenvalue weighted by molar-refractivity contribution is -0.122. The number of carbonyl (C=O) groups is 1. The molecule has 2 rings (SSSR count). The number of anilines is 2. The van der Waals surface area contributed by atoms with Crippen molar-refractivity contribution in [2.45, 2.75) is 26.2 Å². The Bertz CT molecular complexity index is 482. The van der Waals surface area contributed by atoms with Gasteiger partial charge in [0.25, 0.3) is 0 Å². The van der Waals surface area contributed by atoms with Crippen LogP contribution in [0.3, 0.4) is 0 Å². The maximum atomic E-state index is 11.4. The number of halogens is 1. The van der Waals surface area contributed by atoms with Gasteiger partial charge < -0.3 is 16.0 Å². The van der Waals surface area contributed by atoms with Crippen molar-refractivity contribution in [1.29, 1.82) is 0 Å². The third-order valence-corrected chi connectivity index (χ3v) is 3.94. The first-order valence-corrected chi connectivity index (χ1v) is 7.71. The lowest BCUT2D eigenvalue weighted by Crippen LogP contribution is -2.41. The minimum absolute atomic E-state index is 0.0994. The molecule has 0 aromatic carbocycles. The maximum absolute atomic E-state index is 11.4. The van der Waals surface area contributed by atoms with Crippen LogP contribution in [-0.4, -0.2) is 35.5 Å². The molecule has 110 valence electrons. The monoisotopic (exact) mass is 341 g/mol. The molecule has 3 N–H and O–H groups in total. The lowest BCUT2D eigenvalue weighted by atomic mass is 9.97. The van der Waals surface area contributed by atoms with Crippen LogP contribution in [0.25, 0.3) is 0 Å². The summed E-state index contributed by atoms with van der Waals surface area (Å²) in [5.41, 5.74) is 5.42. The number of rotatable bonds is 5. The van der Waals surface area contributed by atoms with E-state index in [1.807, 2.05) is 0 Å². The van der Waals surface area contributed by atoms with Gasteiger partial charge in [-0.25, -0.2) is 4.98 Å². The van der Waals surface area contributed by atoms with Gasteiger partial charge >= 0.3 is 0 Å². The molecule has 1 fully saturated rings. The zero-order chi connectivity index (χ0) is 14.5. The molecule has 7 heteroatoms. The quantitative estimate of drug-likeness (QED) is 0.852. The van der Waals surface area contributed by atoms with Crippen molar-refractivity contribution in [2.24, 2.45) is 11.7 Å². The van der Waals surface area contributed by atoms with E-state index < -0.39 is 0 Å². The highest BCUT2D eigenvalue weighted by Gasteiger charge is 2.26. The number of carbonyl (C=O) groups excluding carboxylic acids is 1. The van der Waals surface area contributed by atoms with Crippen LogP contribution in [-0.2, 0) is 4.79 Å². The van der Waals surface area contributed by atoms with Crippen molar-refractivity contribution in [3.05, 3.63) is 10.7 Å². The molecule has 2 heterocycles. The van der Waals surface area contributed by atoms with Crippen molar-refractivity contribution in [3.8, 4) is 0 Å². The van der Waals surface area contributed by atoms with Gasteiger partial charge in [0.05, 0.1) is 10.4 Å². The van der Waals surface area contributed by atoms with Crippen LogP contribution in [0.4, 0.5) is 11.8 Å². The molecule has 0 saturated carbocycles.